The average molecular weight is 275 g/mol. The van der Waals surface area contributed by atoms with Gasteiger partial charge in [-0.05, 0) is 50.6 Å². The van der Waals surface area contributed by atoms with E-state index in [0.717, 1.165) is 43.7 Å². The van der Waals surface area contributed by atoms with Gasteiger partial charge in [0.1, 0.15) is 13.2 Å². The van der Waals surface area contributed by atoms with E-state index < -0.39 is 0 Å². The molecule has 108 valence electrons. The van der Waals surface area contributed by atoms with Crippen LogP contribution in [0.2, 0.25) is 0 Å². The van der Waals surface area contributed by atoms with Gasteiger partial charge >= 0.3 is 0 Å². The number of hydrogen-bond donors (Lipinski definition) is 1. The maximum atomic E-state index is 12.9. The number of piperidine rings is 1. The van der Waals surface area contributed by atoms with Crippen LogP contribution in [0.15, 0.2) is 18.2 Å². The van der Waals surface area contributed by atoms with Gasteiger partial charge in [0, 0.05) is 11.0 Å². The van der Waals surface area contributed by atoms with E-state index in [1.807, 2.05) is 18.2 Å². The van der Waals surface area contributed by atoms with Crippen molar-refractivity contribution in [3.05, 3.63) is 23.8 Å². The fraction of sp³-hybridized carbons (Fsp3) is 0.562. The number of ether oxygens (including phenoxy) is 2. The van der Waals surface area contributed by atoms with E-state index in [-0.39, 0.29) is 11.2 Å². The Bertz CT molecular complexity index is 506. The standard InChI is InChI=1S/C16H21NO3/c1-2-16(5-7-17-8-6-16)15(18)12-3-4-13-14(11-12)20-10-9-19-13/h3-4,11,17H,2,5-10H2,1H3. The Balaban J connectivity index is 1.89. The van der Waals surface area contributed by atoms with Crippen LogP contribution in [0.3, 0.4) is 0 Å². The molecule has 2 aliphatic rings. The number of benzene rings is 1. The summed E-state index contributed by atoms with van der Waals surface area (Å²) < 4.78 is 11.1. The summed E-state index contributed by atoms with van der Waals surface area (Å²) in [6, 6.07) is 5.57. The fourth-order valence-corrected chi connectivity index (χ4v) is 3.14. The molecule has 0 spiro atoms. The first-order valence-electron chi connectivity index (χ1n) is 7.40. The molecule has 0 aliphatic carbocycles. The lowest BCUT2D eigenvalue weighted by molar-refractivity contribution is 0.0716. The second kappa shape index (κ2) is 5.44. The summed E-state index contributed by atoms with van der Waals surface area (Å²) in [6.07, 6.45) is 2.72. The van der Waals surface area contributed by atoms with E-state index in [4.69, 9.17) is 9.47 Å². The number of fused-ring (bicyclic) bond motifs is 1. The van der Waals surface area contributed by atoms with Gasteiger partial charge < -0.3 is 14.8 Å². The molecule has 1 aromatic carbocycles. The first-order valence-corrected chi connectivity index (χ1v) is 7.40. The van der Waals surface area contributed by atoms with Crippen molar-refractivity contribution in [2.75, 3.05) is 26.3 Å². The quantitative estimate of drug-likeness (QED) is 0.861. The Morgan fingerprint density at radius 1 is 1.20 bits per heavy atom. The number of Topliss-reactive ketones (excluding diaryl/α,β-unsaturated/α-hetero) is 1. The van der Waals surface area contributed by atoms with E-state index in [0.29, 0.717) is 19.0 Å². The SMILES string of the molecule is CCC1(C(=O)c2ccc3c(c2)OCCO3)CCNCC1. The molecule has 0 amide bonds. The van der Waals surface area contributed by atoms with Crippen molar-refractivity contribution in [2.45, 2.75) is 26.2 Å². The molecular weight excluding hydrogens is 254 g/mol. The lowest BCUT2D eigenvalue weighted by Crippen LogP contribution is -2.41. The first kappa shape index (κ1) is 13.4. The van der Waals surface area contributed by atoms with Crippen molar-refractivity contribution in [1.29, 1.82) is 0 Å². The zero-order valence-electron chi connectivity index (χ0n) is 11.9. The molecule has 0 unspecified atom stereocenters. The van der Waals surface area contributed by atoms with Gasteiger partial charge in [0.25, 0.3) is 0 Å². The Morgan fingerprint density at radius 3 is 2.60 bits per heavy atom. The molecule has 1 saturated heterocycles. The smallest absolute Gasteiger partial charge is 0.169 e. The summed E-state index contributed by atoms with van der Waals surface area (Å²) in [4.78, 5) is 12.9. The van der Waals surface area contributed by atoms with Crippen LogP contribution >= 0.6 is 0 Å². The molecule has 1 aromatic rings. The molecule has 0 saturated carbocycles. The predicted molar refractivity (Wildman–Crippen MR) is 76.6 cm³/mol. The van der Waals surface area contributed by atoms with Gasteiger partial charge in [-0.1, -0.05) is 6.92 Å². The van der Waals surface area contributed by atoms with Gasteiger partial charge in [-0.15, -0.1) is 0 Å². The summed E-state index contributed by atoms with van der Waals surface area (Å²) in [5, 5.41) is 3.33. The summed E-state index contributed by atoms with van der Waals surface area (Å²) in [5.74, 6) is 1.68. The van der Waals surface area contributed by atoms with E-state index in [1.54, 1.807) is 0 Å². The molecular formula is C16H21NO3. The van der Waals surface area contributed by atoms with Gasteiger partial charge in [0.15, 0.2) is 17.3 Å². The molecule has 2 heterocycles. The van der Waals surface area contributed by atoms with Crippen molar-refractivity contribution >= 4 is 5.78 Å². The van der Waals surface area contributed by atoms with E-state index >= 15 is 0 Å². The molecule has 1 fully saturated rings. The predicted octanol–water partition coefficient (Wildman–Crippen LogP) is 2.42. The summed E-state index contributed by atoms with van der Waals surface area (Å²) in [6.45, 7) is 5.08. The van der Waals surface area contributed by atoms with Crippen LogP contribution in [0.1, 0.15) is 36.5 Å². The third-order valence-corrected chi connectivity index (χ3v) is 4.52. The number of carbonyl (C=O) groups is 1. The van der Waals surface area contributed by atoms with Gasteiger partial charge in [-0.25, -0.2) is 0 Å². The maximum Gasteiger partial charge on any atom is 0.169 e. The molecule has 4 nitrogen and oxygen atoms in total. The molecule has 1 N–H and O–H groups in total. The van der Waals surface area contributed by atoms with Crippen molar-refractivity contribution in [1.82, 2.24) is 5.32 Å². The van der Waals surface area contributed by atoms with Crippen molar-refractivity contribution in [3.8, 4) is 11.5 Å². The van der Waals surface area contributed by atoms with Crippen LogP contribution in [-0.2, 0) is 0 Å². The molecule has 0 aromatic heterocycles. The van der Waals surface area contributed by atoms with Crippen LogP contribution in [0, 0.1) is 5.41 Å². The summed E-state index contributed by atoms with van der Waals surface area (Å²) in [5.41, 5.74) is 0.535. The average Bonchev–Trinajstić information content (AvgIpc) is 2.54. The summed E-state index contributed by atoms with van der Waals surface area (Å²) in [7, 11) is 0. The van der Waals surface area contributed by atoms with E-state index in [1.165, 1.54) is 0 Å². The van der Waals surface area contributed by atoms with Crippen LogP contribution in [0.25, 0.3) is 0 Å². The Labute approximate surface area is 119 Å². The third kappa shape index (κ3) is 2.29. The first-order chi connectivity index (χ1) is 9.75. The van der Waals surface area contributed by atoms with Crippen LogP contribution in [-0.4, -0.2) is 32.1 Å². The minimum atomic E-state index is -0.213. The monoisotopic (exact) mass is 275 g/mol. The Kier molecular flexibility index (Phi) is 3.66. The number of nitrogens with one attached hydrogen (secondary N) is 1. The van der Waals surface area contributed by atoms with Crippen molar-refractivity contribution < 1.29 is 14.3 Å². The van der Waals surface area contributed by atoms with E-state index in [9.17, 15) is 4.79 Å². The molecule has 0 atom stereocenters. The van der Waals surface area contributed by atoms with Crippen LogP contribution in [0.4, 0.5) is 0 Å². The zero-order chi connectivity index (χ0) is 14.0. The highest BCUT2D eigenvalue weighted by Crippen LogP contribution is 2.38. The lowest BCUT2D eigenvalue weighted by atomic mass is 9.71. The minimum Gasteiger partial charge on any atom is -0.486 e. The third-order valence-electron chi connectivity index (χ3n) is 4.52. The highest BCUT2D eigenvalue weighted by Gasteiger charge is 2.38. The van der Waals surface area contributed by atoms with Crippen molar-refractivity contribution in [3.63, 3.8) is 0 Å². The topological polar surface area (TPSA) is 47.6 Å². The van der Waals surface area contributed by atoms with Crippen LogP contribution in [0.5, 0.6) is 11.5 Å². The number of ketones is 1. The zero-order valence-corrected chi connectivity index (χ0v) is 11.9. The van der Waals surface area contributed by atoms with E-state index in [2.05, 4.69) is 12.2 Å². The Morgan fingerprint density at radius 2 is 1.90 bits per heavy atom. The molecule has 4 heteroatoms. The van der Waals surface area contributed by atoms with Gasteiger partial charge in [-0.2, -0.15) is 0 Å². The normalized spacial score (nSPS) is 20.4. The molecule has 2 aliphatic heterocycles. The van der Waals surface area contributed by atoms with Gasteiger partial charge in [0.2, 0.25) is 0 Å². The maximum absolute atomic E-state index is 12.9. The molecule has 0 bridgehead atoms. The molecule has 20 heavy (non-hydrogen) atoms. The number of carbonyl (C=O) groups excluding carboxylic acids is 1. The lowest BCUT2D eigenvalue weighted by Gasteiger charge is -2.35. The van der Waals surface area contributed by atoms with Crippen molar-refractivity contribution in [2.24, 2.45) is 5.41 Å². The highest BCUT2D eigenvalue weighted by molar-refractivity contribution is 6.01. The fourth-order valence-electron chi connectivity index (χ4n) is 3.14. The second-order valence-corrected chi connectivity index (χ2v) is 5.57. The Hall–Kier alpha value is -1.55. The number of hydrogen-bond acceptors (Lipinski definition) is 4. The molecule has 0 radical (unpaired) electrons. The van der Waals surface area contributed by atoms with Gasteiger partial charge in [0.05, 0.1) is 0 Å². The molecule has 3 rings (SSSR count). The largest absolute Gasteiger partial charge is 0.486 e. The summed E-state index contributed by atoms with van der Waals surface area (Å²) >= 11 is 0. The minimum absolute atomic E-state index is 0.213. The van der Waals surface area contributed by atoms with Crippen LogP contribution < -0.4 is 14.8 Å². The number of rotatable bonds is 3. The van der Waals surface area contributed by atoms with Gasteiger partial charge in [-0.3, -0.25) is 4.79 Å². The second-order valence-electron chi connectivity index (χ2n) is 5.57. The highest BCUT2D eigenvalue weighted by atomic mass is 16.6.